The van der Waals surface area contributed by atoms with Gasteiger partial charge in [0.1, 0.15) is 11.9 Å². The van der Waals surface area contributed by atoms with Gasteiger partial charge in [-0.25, -0.2) is 0 Å². The molecule has 0 saturated heterocycles. The Kier molecular flexibility index (Phi) is 4.06. The molecule has 0 aliphatic heterocycles. The van der Waals surface area contributed by atoms with E-state index in [-0.39, 0.29) is 0 Å². The molecular formula is C15H23NO. The molecule has 2 N–H and O–H groups in total. The average Bonchev–Trinajstić information content (AvgIpc) is 2.29. The fraction of sp³-hybridized carbons (Fsp3) is 0.600. The van der Waals surface area contributed by atoms with Crippen molar-refractivity contribution in [1.29, 1.82) is 0 Å². The topological polar surface area (TPSA) is 35.2 Å². The van der Waals surface area contributed by atoms with Crippen molar-refractivity contribution in [3.8, 4) is 5.75 Å². The van der Waals surface area contributed by atoms with Gasteiger partial charge in [0.15, 0.2) is 0 Å². The monoisotopic (exact) mass is 233 g/mol. The van der Waals surface area contributed by atoms with Crippen molar-refractivity contribution in [2.45, 2.75) is 57.6 Å². The van der Waals surface area contributed by atoms with Gasteiger partial charge in [0.05, 0.1) is 0 Å². The van der Waals surface area contributed by atoms with Crippen molar-refractivity contribution >= 4 is 0 Å². The molecule has 2 heteroatoms. The van der Waals surface area contributed by atoms with Crippen molar-refractivity contribution in [2.24, 2.45) is 5.73 Å². The quantitative estimate of drug-likeness (QED) is 0.867. The second-order valence-corrected chi connectivity index (χ2v) is 5.36. The number of benzene rings is 1. The molecule has 1 aliphatic rings. The molecule has 0 spiro atoms. The Bertz CT molecular complexity index is 362. The summed E-state index contributed by atoms with van der Waals surface area (Å²) in [7, 11) is 0. The molecule has 0 heterocycles. The molecule has 2 nitrogen and oxygen atoms in total. The number of nitrogens with two attached hydrogens (primary N) is 1. The first-order valence-corrected chi connectivity index (χ1v) is 6.68. The zero-order chi connectivity index (χ0) is 12.3. The number of hydrogen-bond acceptors (Lipinski definition) is 2. The Morgan fingerprint density at radius 2 is 2.00 bits per heavy atom. The highest BCUT2D eigenvalue weighted by molar-refractivity contribution is 5.35. The Labute approximate surface area is 104 Å². The highest BCUT2D eigenvalue weighted by atomic mass is 16.5. The van der Waals surface area contributed by atoms with E-state index in [1.54, 1.807) is 0 Å². The van der Waals surface area contributed by atoms with E-state index in [1.807, 2.05) is 6.07 Å². The number of hydrogen-bond donors (Lipinski definition) is 1. The molecule has 1 aromatic carbocycles. The van der Waals surface area contributed by atoms with Gasteiger partial charge in [0.2, 0.25) is 0 Å². The lowest BCUT2D eigenvalue weighted by Gasteiger charge is -2.28. The van der Waals surface area contributed by atoms with Gasteiger partial charge in [0.25, 0.3) is 0 Å². The van der Waals surface area contributed by atoms with Crippen LogP contribution in [0.25, 0.3) is 0 Å². The van der Waals surface area contributed by atoms with Crippen molar-refractivity contribution < 1.29 is 4.74 Å². The van der Waals surface area contributed by atoms with Crippen LogP contribution in [0.2, 0.25) is 0 Å². The fourth-order valence-electron chi connectivity index (χ4n) is 2.53. The number of para-hydroxylation sites is 1. The van der Waals surface area contributed by atoms with Crippen molar-refractivity contribution in [3.63, 3.8) is 0 Å². The summed E-state index contributed by atoms with van der Waals surface area (Å²) in [6, 6.07) is 8.68. The van der Waals surface area contributed by atoms with Crippen LogP contribution in [0.3, 0.4) is 0 Å². The second-order valence-electron chi connectivity index (χ2n) is 5.36. The molecular weight excluding hydrogens is 210 g/mol. The summed E-state index contributed by atoms with van der Waals surface area (Å²) in [6.45, 7) is 4.41. The van der Waals surface area contributed by atoms with Gasteiger partial charge in [-0.15, -0.1) is 0 Å². The van der Waals surface area contributed by atoms with Gasteiger partial charge in [-0.1, -0.05) is 32.0 Å². The first-order chi connectivity index (χ1) is 8.16. The first kappa shape index (κ1) is 12.4. The van der Waals surface area contributed by atoms with Gasteiger partial charge < -0.3 is 10.5 Å². The lowest BCUT2D eigenvalue weighted by atomic mass is 9.93. The van der Waals surface area contributed by atoms with Gasteiger partial charge in [0, 0.05) is 6.04 Å². The second kappa shape index (κ2) is 5.54. The SMILES string of the molecule is CC(C)c1ccccc1OC1CCCC(N)C1. The van der Waals surface area contributed by atoms with Crippen LogP contribution in [0.5, 0.6) is 5.75 Å². The third-order valence-electron chi connectivity index (χ3n) is 3.50. The average molecular weight is 233 g/mol. The third-order valence-corrected chi connectivity index (χ3v) is 3.50. The van der Waals surface area contributed by atoms with Crippen LogP contribution in [-0.4, -0.2) is 12.1 Å². The molecule has 2 rings (SSSR count). The predicted octanol–water partition coefficient (Wildman–Crippen LogP) is 3.46. The summed E-state index contributed by atoms with van der Waals surface area (Å²) >= 11 is 0. The van der Waals surface area contributed by atoms with Crippen molar-refractivity contribution in [1.82, 2.24) is 0 Å². The number of ether oxygens (including phenoxy) is 1. The molecule has 1 aromatic rings. The summed E-state index contributed by atoms with van der Waals surface area (Å²) in [4.78, 5) is 0. The standard InChI is InChI=1S/C15H23NO/c1-11(2)14-8-3-4-9-15(14)17-13-7-5-6-12(16)10-13/h3-4,8-9,11-13H,5-7,10,16H2,1-2H3. The molecule has 1 saturated carbocycles. The van der Waals surface area contributed by atoms with Crippen LogP contribution in [0.1, 0.15) is 51.0 Å². The molecule has 2 atom stereocenters. The smallest absolute Gasteiger partial charge is 0.123 e. The van der Waals surface area contributed by atoms with Crippen LogP contribution >= 0.6 is 0 Å². The minimum absolute atomic E-state index is 0.304. The maximum Gasteiger partial charge on any atom is 0.123 e. The van der Waals surface area contributed by atoms with Crippen LogP contribution in [-0.2, 0) is 0 Å². The lowest BCUT2D eigenvalue weighted by Crippen LogP contribution is -2.33. The van der Waals surface area contributed by atoms with Gasteiger partial charge in [-0.3, -0.25) is 0 Å². The van der Waals surface area contributed by atoms with Crippen LogP contribution < -0.4 is 10.5 Å². The molecule has 1 aliphatic carbocycles. The van der Waals surface area contributed by atoms with Crippen LogP contribution in [0.15, 0.2) is 24.3 Å². The Balaban J connectivity index is 2.07. The van der Waals surface area contributed by atoms with Crippen molar-refractivity contribution in [2.75, 3.05) is 0 Å². The summed E-state index contributed by atoms with van der Waals surface area (Å²) in [5.41, 5.74) is 7.29. The molecule has 1 fully saturated rings. The minimum Gasteiger partial charge on any atom is -0.490 e. The molecule has 0 radical (unpaired) electrons. The Morgan fingerprint density at radius 3 is 2.71 bits per heavy atom. The van der Waals surface area contributed by atoms with Gasteiger partial charge >= 0.3 is 0 Å². The maximum absolute atomic E-state index is 6.14. The van der Waals surface area contributed by atoms with Crippen LogP contribution in [0.4, 0.5) is 0 Å². The highest BCUT2D eigenvalue weighted by Crippen LogP contribution is 2.29. The van der Waals surface area contributed by atoms with Crippen molar-refractivity contribution in [3.05, 3.63) is 29.8 Å². The molecule has 94 valence electrons. The largest absolute Gasteiger partial charge is 0.490 e. The molecule has 17 heavy (non-hydrogen) atoms. The molecule has 2 unspecified atom stereocenters. The van der Waals surface area contributed by atoms with E-state index in [4.69, 9.17) is 10.5 Å². The van der Waals surface area contributed by atoms with E-state index in [1.165, 1.54) is 12.0 Å². The van der Waals surface area contributed by atoms with E-state index >= 15 is 0 Å². The first-order valence-electron chi connectivity index (χ1n) is 6.68. The molecule has 0 bridgehead atoms. The summed E-state index contributed by atoms with van der Waals surface area (Å²) in [5, 5.41) is 0. The molecule has 0 amide bonds. The minimum atomic E-state index is 0.304. The van der Waals surface area contributed by atoms with Crippen LogP contribution in [0, 0.1) is 0 Å². The Morgan fingerprint density at radius 1 is 1.24 bits per heavy atom. The zero-order valence-electron chi connectivity index (χ0n) is 10.9. The number of rotatable bonds is 3. The van der Waals surface area contributed by atoms with E-state index in [0.717, 1.165) is 25.0 Å². The predicted molar refractivity (Wildman–Crippen MR) is 71.4 cm³/mol. The Hall–Kier alpha value is -1.02. The van der Waals surface area contributed by atoms with Gasteiger partial charge in [-0.05, 0) is 43.2 Å². The lowest BCUT2D eigenvalue weighted by molar-refractivity contribution is 0.143. The third kappa shape index (κ3) is 3.22. The van der Waals surface area contributed by atoms with E-state index in [0.29, 0.717) is 18.1 Å². The summed E-state index contributed by atoms with van der Waals surface area (Å²) < 4.78 is 6.14. The van der Waals surface area contributed by atoms with Gasteiger partial charge in [-0.2, -0.15) is 0 Å². The highest BCUT2D eigenvalue weighted by Gasteiger charge is 2.21. The summed E-state index contributed by atoms with van der Waals surface area (Å²) in [6.07, 6.45) is 4.77. The maximum atomic E-state index is 6.14. The zero-order valence-corrected chi connectivity index (χ0v) is 10.9. The summed E-state index contributed by atoms with van der Waals surface area (Å²) in [5.74, 6) is 1.55. The fourth-order valence-corrected chi connectivity index (χ4v) is 2.53. The van der Waals surface area contributed by atoms with E-state index in [2.05, 4.69) is 32.0 Å². The normalized spacial score (nSPS) is 24.9. The molecule has 0 aromatic heterocycles. The van der Waals surface area contributed by atoms with E-state index < -0.39 is 0 Å². The van der Waals surface area contributed by atoms with E-state index in [9.17, 15) is 0 Å².